The minimum atomic E-state index is -0.210. The van der Waals surface area contributed by atoms with E-state index in [0.29, 0.717) is 6.54 Å². The van der Waals surface area contributed by atoms with Crippen LogP contribution in [0, 0.1) is 5.82 Å². The first-order valence-corrected chi connectivity index (χ1v) is 10.2. The lowest BCUT2D eigenvalue weighted by Gasteiger charge is -2.33. The van der Waals surface area contributed by atoms with E-state index in [2.05, 4.69) is 27.2 Å². The van der Waals surface area contributed by atoms with Gasteiger partial charge in [-0.05, 0) is 61.4 Å². The summed E-state index contributed by atoms with van der Waals surface area (Å²) in [7, 11) is 0. The number of hydrogen-bond acceptors (Lipinski definition) is 3. The number of rotatable bonds is 5. The van der Waals surface area contributed by atoms with Crippen molar-refractivity contribution < 1.29 is 14.1 Å². The van der Waals surface area contributed by atoms with Crippen LogP contribution >= 0.6 is 0 Å². The fourth-order valence-electron chi connectivity index (χ4n) is 4.07. The standard InChI is InChI=1S/C22H27FN4O/c23-18-3-7-20(8-4-18)27-15-13-25(14-16-27)17-22(28)24-19-5-9-21(10-6-19)26-11-1-2-12-26/h3-10H,1-2,11-17H2,(H,24,28)/p+1. The van der Waals surface area contributed by atoms with Crippen molar-refractivity contribution in [2.24, 2.45) is 0 Å². The number of hydrogen-bond donors (Lipinski definition) is 2. The number of halogens is 1. The fraction of sp³-hybridized carbons (Fsp3) is 0.409. The lowest BCUT2D eigenvalue weighted by atomic mass is 10.2. The summed E-state index contributed by atoms with van der Waals surface area (Å²) >= 11 is 0. The molecule has 0 bridgehead atoms. The van der Waals surface area contributed by atoms with Crippen LogP contribution in [0.15, 0.2) is 48.5 Å². The average Bonchev–Trinajstić information content (AvgIpc) is 3.25. The Kier molecular flexibility index (Phi) is 5.76. The minimum Gasteiger partial charge on any atom is -0.372 e. The van der Waals surface area contributed by atoms with Crippen molar-refractivity contribution >= 4 is 23.0 Å². The van der Waals surface area contributed by atoms with Gasteiger partial charge in [0.1, 0.15) is 5.82 Å². The summed E-state index contributed by atoms with van der Waals surface area (Å²) in [5, 5.41) is 3.02. The van der Waals surface area contributed by atoms with E-state index in [4.69, 9.17) is 0 Å². The lowest BCUT2D eigenvalue weighted by molar-refractivity contribution is -0.892. The van der Waals surface area contributed by atoms with Gasteiger partial charge < -0.3 is 20.0 Å². The molecule has 2 aromatic rings. The van der Waals surface area contributed by atoms with Gasteiger partial charge in [0.25, 0.3) is 5.91 Å². The molecule has 28 heavy (non-hydrogen) atoms. The van der Waals surface area contributed by atoms with E-state index in [1.807, 2.05) is 24.3 Å². The Bertz CT molecular complexity index is 779. The zero-order valence-corrected chi connectivity index (χ0v) is 16.2. The highest BCUT2D eigenvalue weighted by atomic mass is 19.1. The molecule has 5 nitrogen and oxygen atoms in total. The van der Waals surface area contributed by atoms with Crippen LogP contribution in [0.25, 0.3) is 0 Å². The number of carbonyl (C=O) groups is 1. The normalized spacial score (nSPS) is 17.8. The molecule has 0 spiro atoms. The highest BCUT2D eigenvalue weighted by molar-refractivity contribution is 5.91. The van der Waals surface area contributed by atoms with E-state index < -0.39 is 0 Å². The molecule has 2 N–H and O–H groups in total. The molecule has 1 amide bonds. The summed E-state index contributed by atoms with van der Waals surface area (Å²) in [6, 6.07) is 14.8. The largest absolute Gasteiger partial charge is 0.372 e. The summed E-state index contributed by atoms with van der Waals surface area (Å²) in [5.41, 5.74) is 3.14. The van der Waals surface area contributed by atoms with Gasteiger partial charge in [-0.3, -0.25) is 4.79 Å². The summed E-state index contributed by atoms with van der Waals surface area (Å²) in [4.78, 5) is 18.3. The van der Waals surface area contributed by atoms with E-state index >= 15 is 0 Å². The van der Waals surface area contributed by atoms with Gasteiger partial charge in [-0.25, -0.2) is 4.39 Å². The topological polar surface area (TPSA) is 40.0 Å². The second-order valence-corrected chi connectivity index (χ2v) is 7.68. The molecule has 148 valence electrons. The molecule has 0 saturated carbocycles. The molecule has 0 aromatic heterocycles. The van der Waals surface area contributed by atoms with Crippen LogP contribution in [0.4, 0.5) is 21.5 Å². The Balaban J connectivity index is 1.24. The van der Waals surface area contributed by atoms with Crippen molar-refractivity contribution in [2.45, 2.75) is 12.8 Å². The predicted octanol–water partition coefficient (Wildman–Crippen LogP) is 1.77. The number of quaternary nitrogens is 1. The molecule has 2 aromatic carbocycles. The molecule has 2 heterocycles. The highest BCUT2D eigenvalue weighted by Gasteiger charge is 2.22. The van der Waals surface area contributed by atoms with Gasteiger partial charge >= 0.3 is 0 Å². The van der Waals surface area contributed by atoms with Gasteiger partial charge in [-0.1, -0.05) is 0 Å². The van der Waals surface area contributed by atoms with E-state index in [1.54, 1.807) is 0 Å². The van der Waals surface area contributed by atoms with Gasteiger partial charge in [-0.15, -0.1) is 0 Å². The lowest BCUT2D eigenvalue weighted by Crippen LogP contribution is -3.15. The van der Waals surface area contributed by atoms with Crippen LogP contribution in [-0.2, 0) is 4.79 Å². The molecular formula is C22H28FN4O+. The monoisotopic (exact) mass is 383 g/mol. The quantitative estimate of drug-likeness (QED) is 0.827. The smallest absolute Gasteiger partial charge is 0.279 e. The molecule has 0 radical (unpaired) electrons. The first-order chi connectivity index (χ1) is 13.7. The summed E-state index contributed by atoms with van der Waals surface area (Å²) in [5.74, 6) is -0.155. The number of carbonyl (C=O) groups excluding carboxylic acids is 1. The van der Waals surface area contributed by atoms with Crippen LogP contribution in [0.5, 0.6) is 0 Å². The van der Waals surface area contributed by atoms with Crippen LogP contribution in [0.3, 0.4) is 0 Å². The van der Waals surface area contributed by atoms with E-state index in [9.17, 15) is 9.18 Å². The summed E-state index contributed by atoms with van der Waals surface area (Å²) in [6.07, 6.45) is 2.52. The Morgan fingerprint density at radius 2 is 1.39 bits per heavy atom. The molecule has 0 atom stereocenters. The molecule has 0 aliphatic carbocycles. The molecule has 4 rings (SSSR count). The summed E-state index contributed by atoms with van der Waals surface area (Å²) < 4.78 is 13.1. The number of nitrogens with one attached hydrogen (secondary N) is 2. The van der Waals surface area contributed by atoms with Gasteiger partial charge in [0.2, 0.25) is 0 Å². The zero-order chi connectivity index (χ0) is 19.3. The van der Waals surface area contributed by atoms with Crippen molar-refractivity contribution in [1.29, 1.82) is 0 Å². The van der Waals surface area contributed by atoms with Crippen LogP contribution in [-0.4, -0.2) is 51.7 Å². The van der Waals surface area contributed by atoms with Crippen LogP contribution in [0.1, 0.15) is 12.8 Å². The molecule has 2 saturated heterocycles. The van der Waals surface area contributed by atoms with Gasteiger partial charge in [-0.2, -0.15) is 0 Å². The number of benzene rings is 2. The second kappa shape index (κ2) is 8.61. The maximum atomic E-state index is 13.1. The molecule has 2 aliphatic rings. The fourth-order valence-corrected chi connectivity index (χ4v) is 4.07. The van der Waals surface area contributed by atoms with Crippen molar-refractivity contribution in [2.75, 3.05) is 60.9 Å². The van der Waals surface area contributed by atoms with Crippen molar-refractivity contribution in [3.63, 3.8) is 0 Å². The maximum Gasteiger partial charge on any atom is 0.279 e. The molecule has 6 heteroatoms. The minimum absolute atomic E-state index is 0.0548. The predicted molar refractivity (Wildman–Crippen MR) is 111 cm³/mol. The van der Waals surface area contributed by atoms with Gasteiger partial charge in [0, 0.05) is 30.2 Å². The van der Waals surface area contributed by atoms with Crippen LogP contribution < -0.4 is 20.0 Å². The van der Waals surface area contributed by atoms with Crippen molar-refractivity contribution in [3.8, 4) is 0 Å². The number of amides is 1. The second-order valence-electron chi connectivity index (χ2n) is 7.68. The third-order valence-corrected chi connectivity index (χ3v) is 5.70. The first kappa shape index (κ1) is 18.7. The van der Waals surface area contributed by atoms with Gasteiger partial charge in [0.05, 0.1) is 26.2 Å². The number of piperazine rings is 1. The molecule has 2 aliphatic heterocycles. The van der Waals surface area contributed by atoms with E-state index in [0.717, 1.165) is 50.6 Å². The Labute approximate surface area is 165 Å². The SMILES string of the molecule is O=C(C[NH+]1CCN(c2ccc(F)cc2)CC1)Nc1ccc(N2CCCC2)cc1. The summed E-state index contributed by atoms with van der Waals surface area (Å²) in [6.45, 7) is 6.28. The van der Waals surface area contributed by atoms with E-state index in [1.165, 1.54) is 35.6 Å². The third kappa shape index (κ3) is 4.62. The Hall–Kier alpha value is -2.60. The highest BCUT2D eigenvalue weighted by Crippen LogP contribution is 2.22. The zero-order valence-electron chi connectivity index (χ0n) is 16.2. The molecule has 2 fully saturated rings. The Morgan fingerprint density at radius 3 is 2.00 bits per heavy atom. The molecular weight excluding hydrogens is 355 g/mol. The van der Waals surface area contributed by atoms with Crippen LogP contribution in [0.2, 0.25) is 0 Å². The number of nitrogens with zero attached hydrogens (tertiary/aromatic N) is 2. The van der Waals surface area contributed by atoms with Crippen molar-refractivity contribution in [3.05, 3.63) is 54.3 Å². The number of anilines is 3. The van der Waals surface area contributed by atoms with E-state index in [-0.39, 0.29) is 11.7 Å². The van der Waals surface area contributed by atoms with Crippen molar-refractivity contribution in [1.82, 2.24) is 0 Å². The average molecular weight is 383 g/mol. The third-order valence-electron chi connectivity index (χ3n) is 5.70. The van der Waals surface area contributed by atoms with Gasteiger partial charge in [0.15, 0.2) is 6.54 Å². The maximum absolute atomic E-state index is 13.1. The first-order valence-electron chi connectivity index (χ1n) is 10.2. The molecule has 0 unspecified atom stereocenters. The Morgan fingerprint density at radius 1 is 0.857 bits per heavy atom.